The van der Waals surface area contributed by atoms with Crippen molar-refractivity contribution in [3.8, 4) is 0 Å². The average molecular weight is 404 g/mol. The van der Waals surface area contributed by atoms with Gasteiger partial charge in [0.2, 0.25) is 0 Å². The van der Waals surface area contributed by atoms with E-state index >= 15 is 0 Å². The number of hydrogen-bond acceptors (Lipinski definition) is 5. The second-order valence-corrected chi connectivity index (χ2v) is 8.36. The summed E-state index contributed by atoms with van der Waals surface area (Å²) in [4.78, 5) is 23.9. The molecular weight excluding hydrogens is 380 g/mol. The van der Waals surface area contributed by atoms with E-state index in [1.54, 1.807) is 45.0 Å². The molecule has 2 rings (SSSR count). The molecule has 7 nitrogen and oxygen atoms in total. The van der Waals surface area contributed by atoms with Gasteiger partial charge >= 0.3 is 5.97 Å². The van der Waals surface area contributed by atoms with Crippen LogP contribution in [0.3, 0.4) is 0 Å². The van der Waals surface area contributed by atoms with Crippen LogP contribution in [-0.4, -0.2) is 32.9 Å². The lowest BCUT2D eigenvalue weighted by Gasteiger charge is -2.12. The van der Waals surface area contributed by atoms with Crippen LogP contribution in [0.25, 0.3) is 0 Å². The summed E-state index contributed by atoms with van der Waals surface area (Å²) < 4.78 is 32.8. The van der Waals surface area contributed by atoms with Crippen LogP contribution in [0, 0.1) is 13.8 Å². The summed E-state index contributed by atoms with van der Waals surface area (Å²) in [6.45, 7) is 6.66. The number of benzene rings is 2. The van der Waals surface area contributed by atoms with E-state index in [0.717, 1.165) is 5.56 Å². The number of ether oxygens (including phenoxy) is 1. The van der Waals surface area contributed by atoms with Crippen LogP contribution < -0.4 is 10.0 Å². The first kappa shape index (κ1) is 21.4. The van der Waals surface area contributed by atoms with Crippen LogP contribution in [0.1, 0.15) is 35.3 Å². The Morgan fingerprint density at radius 1 is 1.07 bits per heavy atom. The van der Waals surface area contributed by atoms with Gasteiger partial charge in [0.15, 0.2) is 0 Å². The molecular formula is C20H24N2O5S. The highest BCUT2D eigenvalue weighted by molar-refractivity contribution is 7.92. The third kappa shape index (κ3) is 5.82. The fourth-order valence-electron chi connectivity index (χ4n) is 2.49. The fourth-order valence-corrected chi connectivity index (χ4v) is 3.56. The van der Waals surface area contributed by atoms with Gasteiger partial charge in [-0.2, -0.15) is 0 Å². The topological polar surface area (TPSA) is 102 Å². The SMILES string of the molecule is Cc1cccc(NS(=O)(=O)c2ccc(C)c(C(=O)NCC(=O)OC(C)C)c2)c1. The number of carbonyl (C=O) groups is 2. The minimum atomic E-state index is -3.87. The van der Waals surface area contributed by atoms with E-state index < -0.39 is 21.9 Å². The Labute approximate surface area is 165 Å². The summed E-state index contributed by atoms with van der Waals surface area (Å²) in [6.07, 6.45) is -0.285. The van der Waals surface area contributed by atoms with Gasteiger partial charge in [-0.3, -0.25) is 14.3 Å². The van der Waals surface area contributed by atoms with E-state index in [4.69, 9.17) is 4.74 Å². The molecule has 0 aromatic heterocycles. The second kappa shape index (κ2) is 8.88. The van der Waals surface area contributed by atoms with Crippen molar-refractivity contribution in [2.45, 2.75) is 38.7 Å². The first-order valence-electron chi connectivity index (χ1n) is 8.76. The summed E-state index contributed by atoms with van der Waals surface area (Å²) in [5, 5.41) is 2.45. The molecule has 0 aliphatic rings. The smallest absolute Gasteiger partial charge is 0.325 e. The third-order valence-corrected chi connectivity index (χ3v) is 5.17. The summed E-state index contributed by atoms with van der Waals surface area (Å²) in [6, 6.07) is 11.2. The number of sulfonamides is 1. The minimum absolute atomic E-state index is 0.0467. The molecule has 0 saturated carbocycles. The van der Waals surface area contributed by atoms with Crippen LogP contribution in [-0.2, 0) is 19.6 Å². The molecule has 0 aliphatic carbocycles. The minimum Gasteiger partial charge on any atom is -0.462 e. The number of amides is 1. The van der Waals surface area contributed by atoms with E-state index in [1.165, 1.54) is 12.1 Å². The Kier molecular flexibility index (Phi) is 6.80. The highest BCUT2D eigenvalue weighted by Crippen LogP contribution is 2.20. The maximum Gasteiger partial charge on any atom is 0.325 e. The molecule has 1 amide bonds. The Bertz CT molecular complexity index is 984. The fraction of sp³-hybridized carbons (Fsp3) is 0.300. The molecule has 0 bridgehead atoms. The van der Waals surface area contributed by atoms with Crippen molar-refractivity contribution < 1.29 is 22.7 Å². The zero-order valence-corrected chi connectivity index (χ0v) is 17.1. The maximum absolute atomic E-state index is 12.7. The lowest BCUT2D eigenvalue weighted by atomic mass is 10.1. The lowest BCUT2D eigenvalue weighted by Crippen LogP contribution is -2.32. The standard InChI is InChI=1S/C20H24N2O5S/c1-13(2)27-19(23)12-21-20(24)18-11-17(9-8-15(18)4)28(25,26)22-16-7-5-6-14(3)10-16/h5-11,13,22H,12H2,1-4H3,(H,21,24). The Morgan fingerprint density at radius 2 is 1.79 bits per heavy atom. The largest absolute Gasteiger partial charge is 0.462 e. The number of esters is 1. The average Bonchev–Trinajstić information content (AvgIpc) is 2.59. The zero-order chi connectivity index (χ0) is 20.9. The van der Waals surface area contributed by atoms with Gasteiger partial charge in [0, 0.05) is 11.3 Å². The van der Waals surface area contributed by atoms with Crippen LogP contribution in [0.4, 0.5) is 5.69 Å². The van der Waals surface area contributed by atoms with Gasteiger partial charge in [0.25, 0.3) is 15.9 Å². The van der Waals surface area contributed by atoms with Crippen molar-refractivity contribution in [3.05, 3.63) is 59.2 Å². The quantitative estimate of drug-likeness (QED) is 0.691. The predicted molar refractivity (Wildman–Crippen MR) is 107 cm³/mol. The first-order chi connectivity index (χ1) is 13.1. The van der Waals surface area contributed by atoms with Crippen molar-refractivity contribution in [2.75, 3.05) is 11.3 Å². The normalized spacial score (nSPS) is 11.2. The number of hydrogen-bond donors (Lipinski definition) is 2. The van der Waals surface area contributed by atoms with Crippen LogP contribution >= 0.6 is 0 Å². The first-order valence-corrected chi connectivity index (χ1v) is 10.2. The molecule has 0 aliphatic heterocycles. The van der Waals surface area contributed by atoms with Crippen LogP contribution in [0.2, 0.25) is 0 Å². The number of nitrogens with one attached hydrogen (secondary N) is 2. The lowest BCUT2D eigenvalue weighted by molar-refractivity contribution is -0.146. The van der Waals surface area contributed by atoms with Gasteiger partial charge in [0.05, 0.1) is 11.0 Å². The van der Waals surface area contributed by atoms with E-state index in [1.807, 2.05) is 13.0 Å². The van der Waals surface area contributed by atoms with Gasteiger partial charge in [-0.25, -0.2) is 8.42 Å². The molecule has 0 saturated heterocycles. The van der Waals surface area contributed by atoms with E-state index in [2.05, 4.69) is 10.0 Å². The summed E-state index contributed by atoms with van der Waals surface area (Å²) in [7, 11) is -3.87. The van der Waals surface area contributed by atoms with Crippen molar-refractivity contribution in [2.24, 2.45) is 0 Å². The molecule has 0 fully saturated rings. The number of rotatable bonds is 7. The summed E-state index contributed by atoms with van der Waals surface area (Å²) >= 11 is 0. The molecule has 150 valence electrons. The zero-order valence-electron chi connectivity index (χ0n) is 16.3. The molecule has 0 heterocycles. The van der Waals surface area contributed by atoms with Crippen LogP contribution in [0.15, 0.2) is 47.4 Å². The number of carbonyl (C=O) groups excluding carboxylic acids is 2. The molecule has 2 aromatic rings. The second-order valence-electron chi connectivity index (χ2n) is 6.67. The van der Waals surface area contributed by atoms with E-state index in [0.29, 0.717) is 11.3 Å². The molecule has 0 radical (unpaired) electrons. The Hall–Kier alpha value is -2.87. The Balaban J connectivity index is 2.19. The van der Waals surface area contributed by atoms with Crippen LogP contribution in [0.5, 0.6) is 0 Å². The maximum atomic E-state index is 12.7. The van der Waals surface area contributed by atoms with Gasteiger partial charge in [-0.15, -0.1) is 0 Å². The van der Waals surface area contributed by atoms with Gasteiger partial charge in [-0.05, 0) is 63.1 Å². The van der Waals surface area contributed by atoms with Crippen molar-refractivity contribution >= 4 is 27.6 Å². The van der Waals surface area contributed by atoms with E-state index in [-0.39, 0.29) is 23.1 Å². The van der Waals surface area contributed by atoms with Gasteiger partial charge in [0.1, 0.15) is 6.54 Å². The van der Waals surface area contributed by atoms with Gasteiger partial charge in [-0.1, -0.05) is 18.2 Å². The monoisotopic (exact) mass is 404 g/mol. The van der Waals surface area contributed by atoms with E-state index in [9.17, 15) is 18.0 Å². The van der Waals surface area contributed by atoms with Gasteiger partial charge < -0.3 is 10.1 Å². The molecule has 8 heteroatoms. The molecule has 0 unspecified atom stereocenters. The van der Waals surface area contributed by atoms with Crippen molar-refractivity contribution in [1.82, 2.24) is 5.32 Å². The molecule has 0 spiro atoms. The highest BCUT2D eigenvalue weighted by atomic mass is 32.2. The highest BCUT2D eigenvalue weighted by Gasteiger charge is 2.19. The number of anilines is 1. The molecule has 0 atom stereocenters. The number of aryl methyl sites for hydroxylation is 2. The summed E-state index contributed by atoms with van der Waals surface area (Å²) in [5.41, 5.74) is 2.11. The molecule has 28 heavy (non-hydrogen) atoms. The molecule has 2 aromatic carbocycles. The third-order valence-electron chi connectivity index (χ3n) is 3.79. The Morgan fingerprint density at radius 3 is 2.43 bits per heavy atom. The van der Waals surface area contributed by atoms with Crippen molar-refractivity contribution in [1.29, 1.82) is 0 Å². The summed E-state index contributed by atoms with van der Waals surface area (Å²) in [5.74, 6) is -1.11. The molecule has 2 N–H and O–H groups in total. The predicted octanol–water partition coefficient (Wildman–Crippen LogP) is 2.79. The van der Waals surface area contributed by atoms with Crippen molar-refractivity contribution in [3.63, 3.8) is 0 Å².